The molecule has 5 nitrogen and oxygen atoms in total. The smallest absolute Gasteiger partial charge is 0.250 e. The Morgan fingerprint density at radius 3 is 2.48 bits per heavy atom. The van der Waals surface area contributed by atoms with Gasteiger partial charge in [-0.15, -0.1) is 0 Å². The maximum Gasteiger partial charge on any atom is 0.250 e. The summed E-state index contributed by atoms with van der Waals surface area (Å²) in [5, 5.41) is 11.5. The van der Waals surface area contributed by atoms with Crippen molar-refractivity contribution in [3.8, 4) is 0 Å². The molecule has 2 aromatic rings. The van der Waals surface area contributed by atoms with E-state index in [0.717, 1.165) is 50.5 Å². The molecule has 0 spiro atoms. The third-order valence-electron chi connectivity index (χ3n) is 4.57. The summed E-state index contributed by atoms with van der Waals surface area (Å²) in [6.07, 6.45) is 1.09. The number of aliphatic hydroxyl groups is 1. The number of nitrogens with zero attached hydrogens (tertiary/aromatic N) is 2. The Hall–Kier alpha value is -2.37. The minimum absolute atomic E-state index is 0.386. The zero-order valence-electron chi connectivity index (χ0n) is 14.4. The van der Waals surface area contributed by atoms with Crippen LogP contribution in [0.2, 0.25) is 0 Å². The average Bonchev–Trinajstić information content (AvgIpc) is 2.68. The van der Waals surface area contributed by atoms with Crippen molar-refractivity contribution in [2.24, 2.45) is 0 Å². The summed E-state index contributed by atoms with van der Waals surface area (Å²) in [7, 11) is 0. The lowest BCUT2D eigenvalue weighted by molar-refractivity contribution is -0.118. The second-order valence-electron chi connectivity index (χ2n) is 6.32. The number of rotatable bonds is 6. The molecule has 3 rings (SSSR count). The number of hydrogen-bond acceptors (Lipinski definition) is 4. The third kappa shape index (κ3) is 5.05. The van der Waals surface area contributed by atoms with Gasteiger partial charge in [0.15, 0.2) is 0 Å². The Labute approximate surface area is 148 Å². The number of benzene rings is 2. The normalized spacial score (nSPS) is 15.2. The lowest BCUT2D eigenvalue weighted by Gasteiger charge is -2.36. The van der Waals surface area contributed by atoms with E-state index in [4.69, 9.17) is 5.11 Å². The molecule has 25 heavy (non-hydrogen) atoms. The average molecular weight is 339 g/mol. The molecular weight excluding hydrogens is 314 g/mol. The number of aliphatic hydroxyl groups excluding tert-OH is 1. The van der Waals surface area contributed by atoms with E-state index in [2.05, 4.69) is 51.5 Å². The van der Waals surface area contributed by atoms with Gasteiger partial charge in [0.2, 0.25) is 5.91 Å². The van der Waals surface area contributed by atoms with Crippen LogP contribution in [-0.2, 0) is 11.2 Å². The van der Waals surface area contributed by atoms with Crippen LogP contribution in [0.25, 0.3) is 0 Å². The van der Waals surface area contributed by atoms with Crippen LogP contribution in [0, 0.1) is 0 Å². The maximum absolute atomic E-state index is 11.3. The fourth-order valence-electron chi connectivity index (χ4n) is 3.14. The van der Waals surface area contributed by atoms with Crippen LogP contribution in [0.5, 0.6) is 0 Å². The lowest BCUT2D eigenvalue weighted by atomic mass is 10.1. The summed E-state index contributed by atoms with van der Waals surface area (Å²) in [5.41, 5.74) is 3.22. The first kappa shape index (κ1) is 17.5. The van der Waals surface area contributed by atoms with Gasteiger partial charge in [-0.25, -0.2) is 0 Å². The number of hydrogen-bond donors (Lipinski definition) is 2. The molecule has 0 atom stereocenters. The number of piperazine rings is 1. The summed E-state index contributed by atoms with van der Waals surface area (Å²) < 4.78 is 0. The number of carbonyl (C=O) groups is 1. The van der Waals surface area contributed by atoms with Gasteiger partial charge in [-0.3, -0.25) is 9.69 Å². The topological polar surface area (TPSA) is 55.8 Å². The largest absolute Gasteiger partial charge is 0.387 e. The number of nitrogens with one attached hydrogen (secondary N) is 1. The maximum atomic E-state index is 11.3. The fourth-order valence-corrected chi connectivity index (χ4v) is 3.14. The number of amides is 1. The molecule has 0 bridgehead atoms. The Bertz CT molecular complexity index is 682. The van der Waals surface area contributed by atoms with Crippen LogP contribution in [0.4, 0.5) is 11.4 Å². The summed E-state index contributed by atoms with van der Waals surface area (Å²) in [6, 6.07) is 18.4. The van der Waals surface area contributed by atoms with E-state index in [-0.39, 0.29) is 5.91 Å². The first-order valence-electron chi connectivity index (χ1n) is 8.76. The Balaban J connectivity index is 1.50. The van der Waals surface area contributed by atoms with Crippen molar-refractivity contribution in [2.45, 2.75) is 6.42 Å². The van der Waals surface area contributed by atoms with Gasteiger partial charge >= 0.3 is 0 Å². The molecular formula is C20H25N3O2. The van der Waals surface area contributed by atoms with Crippen molar-refractivity contribution in [2.75, 3.05) is 49.5 Å². The van der Waals surface area contributed by atoms with E-state index in [9.17, 15) is 4.79 Å². The standard InChI is InChI=1S/C20H25N3O2/c24-16-20(25)21-18-7-4-8-19(15-18)23-13-11-22(12-14-23)10-9-17-5-2-1-3-6-17/h1-8,15,24H,9-14,16H2,(H,21,25). The summed E-state index contributed by atoms with van der Waals surface area (Å²) in [6.45, 7) is 4.63. The number of anilines is 2. The highest BCUT2D eigenvalue weighted by Gasteiger charge is 2.17. The molecule has 0 aliphatic carbocycles. The molecule has 5 heteroatoms. The van der Waals surface area contributed by atoms with Crippen LogP contribution in [0.1, 0.15) is 5.56 Å². The molecule has 1 fully saturated rings. The van der Waals surface area contributed by atoms with Crippen molar-refractivity contribution < 1.29 is 9.90 Å². The van der Waals surface area contributed by atoms with Gasteiger partial charge in [0.1, 0.15) is 6.61 Å². The highest BCUT2D eigenvalue weighted by Crippen LogP contribution is 2.21. The highest BCUT2D eigenvalue weighted by atomic mass is 16.3. The van der Waals surface area contributed by atoms with E-state index < -0.39 is 6.61 Å². The molecule has 0 aromatic heterocycles. The molecule has 1 amide bonds. The summed E-state index contributed by atoms with van der Waals surface area (Å²) in [4.78, 5) is 16.2. The molecule has 1 saturated heterocycles. The first-order chi connectivity index (χ1) is 12.2. The van der Waals surface area contributed by atoms with E-state index in [1.54, 1.807) is 0 Å². The zero-order chi connectivity index (χ0) is 17.5. The van der Waals surface area contributed by atoms with Crippen LogP contribution >= 0.6 is 0 Å². The Morgan fingerprint density at radius 1 is 1.00 bits per heavy atom. The molecule has 1 aliphatic heterocycles. The van der Waals surface area contributed by atoms with Gasteiger partial charge in [-0.2, -0.15) is 0 Å². The fraction of sp³-hybridized carbons (Fsp3) is 0.350. The van der Waals surface area contributed by atoms with Crippen molar-refractivity contribution in [3.05, 3.63) is 60.2 Å². The van der Waals surface area contributed by atoms with Crippen LogP contribution in [-0.4, -0.2) is 55.2 Å². The van der Waals surface area contributed by atoms with E-state index in [1.165, 1.54) is 5.56 Å². The second kappa shape index (κ2) is 8.65. The van der Waals surface area contributed by atoms with E-state index in [0.29, 0.717) is 0 Å². The van der Waals surface area contributed by atoms with Gasteiger partial charge < -0.3 is 15.3 Å². The summed E-state index contributed by atoms with van der Waals surface area (Å²) >= 11 is 0. The summed E-state index contributed by atoms with van der Waals surface area (Å²) in [5.74, 6) is -0.386. The van der Waals surface area contributed by atoms with E-state index >= 15 is 0 Å². The SMILES string of the molecule is O=C(CO)Nc1cccc(N2CCN(CCc3ccccc3)CC2)c1. The van der Waals surface area contributed by atoms with E-state index in [1.807, 2.05) is 18.2 Å². The van der Waals surface area contributed by atoms with Crippen LogP contribution in [0.15, 0.2) is 54.6 Å². The lowest BCUT2D eigenvalue weighted by Crippen LogP contribution is -2.47. The van der Waals surface area contributed by atoms with Gasteiger partial charge in [0.25, 0.3) is 0 Å². The van der Waals surface area contributed by atoms with Crippen molar-refractivity contribution in [3.63, 3.8) is 0 Å². The molecule has 132 valence electrons. The van der Waals surface area contributed by atoms with Gasteiger partial charge in [-0.05, 0) is 30.2 Å². The molecule has 1 heterocycles. The van der Waals surface area contributed by atoms with Crippen molar-refractivity contribution >= 4 is 17.3 Å². The Morgan fingerprint density at radius 2 is 1.76 bits per heavy atom. The first-order valence-corrected chi connectivity index (χ1v) is 8.76. The van der Waals surface area contributed by atoms with Crippen molar-refractivity contribution in [1.29, 1.82) is 0 Å². The minimum Gasteiger partial charge on any atom is -0.387 e. The van der Waals surface area contributed by atoms with Gasteiger partial charge in [-0.1, -0.05) is 36.4 Å². The monoisotopic (exact) mass is 339 g/mol. The van der Waals surface area contributed by atoms with Crippen molar-refractivity contribution in [1.82, 2.24) is 4.90 Å². The number of carbonyl (C=O) groups excluding carboxylic acids is 1. The third-order valence-corrected chi connectivity index (χ3v) is 4.57. The molecule has 0 radical (unpaired) electrons. The molecule has 1 aliphatic rings. The molecule has 2 aromatic carbocycles. The highest BCUT2D eigenvalue weighted by molar-refractivity contribution is 5.92. The van der Waals surface area contributed by atoms with Crippen LogP contribution in [0.3, 0.4) is 0 Å². The zero-order valence-corrected chi connectivity index (χ0v) is 14.4. The van der Waals surface area contributed by atoms with Crippen LogP contribution < -0.4 is 10.2 Å². The second-order valence-corrected chi connectivity index (χ2v) is 6.32. The van der Waals surface area contributed by atoms with Gasteiger partial charge in [0.05, 0.1) is 0 Å². The molecule has 2 N–H and O–H groups in total. The molecule has 0 saturated carbocycles. The molecule has 0 unspecified atom stereocenters. The minimum atomic E-state index is -0.496. The predicted octanol–water partition coefficient (Wildman–Crippen LogP) is 1.98. The quantitative estimate of drug-likeness (QED) is 0.845. The predicted molar refractivity (Wildman–Crippen MR) is 101 cm³/mol. The van der Waals surface area contributed by atoms with Gasteiger partial charge in [0, 0.05) is 44.1 Å². The Kier molecular flexibility index (Phi) is 6.04.